The smallest absolute Gasteiger partial charge is 0.289 e. The van der Waals surface area contributed by atoms with Crippen LogP contribution in [0.4, 0.5) is 11.6 Å². The van der Waals surface area contributed by atoms with Gasteiger partial charge in [-0.1, -0.05) is 86.6 Å². The molecule has 0 aliphatic carbocycles. The minimum absolute atomic E-state index is 0.0128. The number of carbonyl (C=O) groups is 1. The van der Waals surface area contributed by atoms with Crippen LogP contribution in [-0.4, -0.2) is 42.8 Å². The van der Waals surface area contributed by atoms with Gasteiger partial charge >= 0.3 is 0 Å². The highest BCUT2D eigenvalue weighted by Crippen LogP contribution is 2.57. The first kappa shape index (κ1) is 28.3. The molecular weight excluding hydrogens is 544 g/mol. The highest BCUT2D eigenvalue weighted by molar-refractivity contribution is 5.86. The van der Waals surface area contributed by atoms with Crippen LogP contribution in [0.15, 0.2) is 96.1 Å². The second-order valence-electron chi connectivity index (χ2n) is 11.2. The Morgan fingerprint density at radius 2 is 1.65 bits per heavy atom. The number of carbonyl (C=O) groups excluding carboxylic acids is 1. The van der Waals surface area contributed by atoms with Crippen molar-refractivity contribution < 1.29 is 14.6 Å². The van der Waals surface area contributed by atoms with Gasteiger partial charge in [0.15, 0.2) is 16.9 Å². The maximum atomic E-state index is 13.7. The summed E-state index contributed by atoms with van der Waals surface area (Å²) in [5.74, 6) is -1.19. The van der Waals surface area contributed by atoms with Crippen LogP contribution in [0.5, 0.6) is 0 Å². The summed E-state index contributed by atoms with van der Waals surface area (Å²) in [5.41, 5.74) is 13.0. The molecule has 0 bridgehead atoms. The van der Waals surface area contributed by atoms with Crippen LogP contribution in [0.25, 0.3) is 11.2 Å². The van der Waals surface area contributed by atoms with Crippen molar-refractivity contribution in [2.75, 3.05) is 18.1 Å². The number of imidazole rings is 1. The fourth-order valence-electron chi connectivity index (χ4n) is 6.54. The quantitative estimate of drug-likeness (QED) is 0.194. The highest BCUT2D eigenvalue weighted by Gasteiger charge is 2.61. The number of nitrogens with two attached hydrogens (primary N) is 2. The van der Waals surface area contributed by atoms with Gasteiger partial charge in [-0.3, -0.25) is 14.2 Å². The molecule has 1 aliphatic heterocycles. The predicted molar refractivity (Wildman–Crippen MR) is 164 cm³/mol. The zero-order valence-corrected chi connectivity index (χ0v) is 24.1. The number of aromatic nitrogens is 4. The summed E-state index contributed by atoms with van der Waals surface area (Å²) in [6, 6.07) is 27.5. The van der Waals surface area contributed by atoms with Gasteiger partial charge in [-0.25, -0.2) is 9.55 Å². The lowest BCUT2D eigenvalue weighted by Crippen LogP contribution is -2.55. The van der Waals surface area contributed by atoms with Crippen LogP contribution >= 0.6 is 0 Å². The number of nitrogens with zero attached hydrogens (tertiary/aromatic N) is 4. The molecule has 3 heterocycles. The van der Waals surface area contributed by atoms with Gasteiger partial charge in [0.1, 0.15) is 0 Å². The molecule has 2 aromatic heterocycles. The summed E-state index contributed by atoms with van der Waals surface area (Å²) in [5, 5.41) is 10.4. The second-order valence-corrected chi connectivity index (χ2v) is 11.2. The molecule has 10 heteroatoms. The number of hydrogen-bond donors (Lipinski definition) is 3. The zero-order valence-electron chi connectivity index (χ0n) is 24.1. The fraction of sp³-hybridized carbons (Fsp3) is 0.273. The SMILES string of the molecule is CC(C)C(=O)n1c(N)nc2c(ncn2[C@@]2(C(c3ccccc3)(c3ccccc3)c3cccc(N)c3)CC[C@@H](CO)O2)c1=O. The molecule has 6 rings (SSSR count). The second kappa shape index (κ2) is 10.8. The van der Waals surface area contributed by atoms with E-state index in [4.69, 9.17) is 16.2 Å². The van der Waals surface area contributed by atoms with E-state index >= 15 is 0 Å². The van der Waals surface area contributed by atoms with Gasteiger partial charge in [-0.15, -0.1) is 0 Å². The largest absolute Gasteiger partial charge is 0.399 e. The summed E-state index contributed by atoms with van der Waals surface area (Å²) in [6.45, 7) is 3.16. The molecule has 10 nitrogen and oxygen atoms in total. The number of anilines is 2. The Morgan fingerprint density at radius 3 is 2.21 bits per heavy atom. The highest BCUT2D eigenvalue weighted by atomic mass is 16.5. The van der Waals surface area contributed by atoms with Crippen LogP contribution in [0.3, 0.4) is 0 Å². The third-order valence-corrected chi connectivity index (χ3v) is 8.39. The Hall–Kier alpha value is -4.80. The van der Waals surface area contributed by atoms with Gasteiger partial charge in [0.2, 0.25) is 11.9 Å². The van der Waals surface area contributed by atoms with Crippen molar-refractivity contribution in [1.29, 1.82) is 0 Å². The summed E-state index contributed by atoms with van der Waals surface area (Å²) in [7, 11) is 0. The molecule has 0 unspecified atom stereocenters. The average Bonchev–Trinajstić information content (AvgIpc) is 3.64. The van der Waals surface area contributed by atoms with E-state index in [-0.39, 0.29) is 23.7 Å². The fourth-order valence-corrected chi connectivity index (χ4v) is 6.54. The first-order valence-electron chi connectivity index (χ1n) is 14.3. The van der Waals surface area contributed by atoms with Crippen molar-refractivity contribution in [3.63, 3.8) is 0 Å². The molecule has 220 valence electrons. The van der Waals surface area contributed by atoms with E-state index in [9.17, 15) is 14.7 Å². The van der Waals surface area contributed by atoms with E-state index in [0.29, 0.717) is 18.5 Å². The van der Waals surface area contributed by atoms with Crippen LogP contribution < -0.4 is 17.0 Å². The first-order valence-corrected chi connectivity index (χ1v) is 14.3. The van der Waals surface area contributed by atoms with Crippen molar-refractivity contribution in [1.82, 2.24) is 19.1 Å². The number of ether oxygens (including phenoxy) is 1. The Kier molecular flexibility index (Phi) is 7.11. The van der Waals surface area contributed by atoms with E-state index in [0.717, 1.165) is 21.3 Å². The minimum atomic E-state index is -1.31. The molecule has 3 aromatic carbocycles. The Morgan fingerprint density at radius 1 is 1.02 bits per heavy atom. The molecule has 0 amide bonds. The standard InChI is InChI=1S/C33H34N6O4/c1-21(2)29(41)39-30(42)27-28(37-31(39)35)38(20-36-27)32(17-16-26(19-40)43-32)33(22-10-5-3-6-11-22,23-12-7-4-8-13-23)24-14-9-15-25(34)18-24/h3-15,18,20-21,26,40H,16-17,19,34H2,1-2H3,(H2,35,37)/t26-,32-/m0/s1. The number of rotatable bonds is 7. The van der Waals surface area contributed by atoms with E-state index in [1.165, 1.54) is 6.33 Å². The molecule has 2 atom stereocenters. The number of aliphatic hydroxyl groups excluding tert-OH is 1. The number of fused-ring (bicyclic) bond motifs is 1. The van der Waals surface area contributed by atoms with E-state index in [1.54, 1.807) is 18.4 Å². The average molecular weight is 579 g/mol. The topological polar surface area (TPSA) is 151 Å². The van der Waals surface area contributed by atoms with Crippen LogP contribution in [0.2, 0.25) is 0 Å². The van der Waals surface area contributed by atoms with Gasteiger partial charge in [0.25, 0.3) is 5.56 Å². The minimum Gasteiger partial charge on any atom is -0.399 e. The monoisotopic (exact) mass is 578 g/mol. The number of nitrogen functional groups attached to an aromatic ring is 2. The Bertz CT molecular complexity index is 1810. The van der Waals surface area contributed by atoms with E-state index < -0.39 is 34.6 Å². The maximum absolute atomic E-state index is 13.7. The van der Waals surface area contributed by atoms with Gasteiger partial charge in [-0.2, -0.15) is 4.98 Å². The zero-order chi connectivity index (χ0) is 30.4. The van der Waals surface area contributed by atoms with Crippen molar-refractivity contribution in [2.45, 2.75) is 43.9 Å². The summed E-state index contributed by atoms with van der Waals surface area (Å²) < 4.78 is 9.62. The molecule has 1 aliphatic rings. The molecule has 0 saturated carbocycles. The van der Waals surface area contributed by atoms with Gasteiger partial charge in [-0.05, 0) is 41.7 Å². The van der Waals surface area contributed by atoms with Gasteiger partial charge in [0, 0.05) is 11.6 Å². The molecule has 0 spiro atoms. The number of benzene rings is 3. The Labute approximate surface area is 248 Å². The normalized spacial score (nSPS) is 18.8. The van der Waals surface area contributed by atoms with E-state index in [2.05, 4.69) is 9.97 Å². The molecule has 0 radical (unpaired) electrons. The maximum Gasteiger partial charge on any atom is 0.289 e. The first-order chi connectivity index (χ1) is 20.7. The van der Waals surface area contributed by atoms with Gasteiger partial charge in [0.05, 0.1) is 24.5 Å². The van der Waals surface area contributed by atoms with E-state index in [1.807, 2.05) is 84.9 Å². The molecule has 1 saturated heterocycles. The summed E-state index contributed by atoms with van der Waals surface area (Å²) in [4.78, 5) is 35.7. The molecule has 5 aromatic rings. The number of hydrogen-bond acceptors (Lipinski definition) is 8. The third-order valence-electron chi connectivity index (χ3n) is 8.39. The summed E-state index contributed by atoms with van der Waals surface area (Å²) in [6.07, 6.45) is 1.93. The molecule has 1 fully saturated rings. The van der Waals surface area contributed by atoms with Crippen LogP contribution in [0, 0.1) is 5.92 Å². The molecule has 43 heavy (non-hydrogen) atoms. The third kappa shape index (κ3) is 4.25. The molecular formula is C33H34N6O4. The van der Waals surface area contributed by atoms with Crippen LogP contribution in [-0.2, 0) is 15.9 Å². The lowest BCUT2D eigenvalue weighted by Gasteiger charge is -2.50. The van der Waals surface area contributed by atoms with Crippen molar-refractivity contribution >= 4 is 28.7 Å². The lowest BCUT2D eigenvalue weighted by atomic mass is 9.61. The van der Waals surface area contributed by atoms with Crippen molar-refractivity contribution in [2.24, 2.45) is 5.92 Å². The predicted octanol–water partition coefficient (Wildman–Crippen LogP) is 3.91. The Balaban J connectivity index is 1.78. The summed E-state index contributed by atoms with van der Waals surface area (Å²) >= 11 is 0. The number of aliphatic hydroxyl groups is 1. The molecule has 5 N–H and O–H groups in total. The lowest BCUT2D eigenvalue weighted by molar-refractivity contribution is -0.139. The van der Waals surface area contributed by atoms with Crippen molar-refractivity contribution in [3.8, 4) is 0 Å². The van der Waals surface area contributed by atoms with Crippen molar-refractivity contribution in [3.05, 3.63) is 118 Å². The van der Waals surface area contributed by atoms with Crippen LogP contribution in [0.1, 0.15) is 48.2 Å². The van der Waals surface area contributed by atoms with Gasteiger partial charge < -0.3 is 21.3 Å².